The summed E-state index contributed by atoms with van der Waals surface area (Å²) < 4.78 is 0. The molecule has 0 bridgehead atoms. The van der Waals surface area contributed by atoms with Crippen LogP contribution in [0.3, 0.4) is 0 Å². The lowest BCUT2D eigenvalue weighted by molar-refractivity contribution is 0.563. The van der Waals surface area contributed by atoms with E-state index in [-0.39, 0.29) is 6.54 Å². The van der Waals surface area contributed by atoms with Gasteiger partial charge in [0.05, 0.1) is 12.2 Å². The Morgan fingerprint density at radius 2 is 1.92 bits per heavy atom. The Morgan fingerprint density at radius 1 is 1.15 bits per heavy atom. The Kier molecular flexibility index (Phi) is 3.33. The van der Waals surface area contributed by atoms with Gasteiger partial charge in [0.15, 0.2) is 0 Å². The SMILES string of the molecule is O=C=NCc1ccccc1N=C=O. The summed E-state index contributed by atoms with van der Waals surface area (Å²) in [4.78, 5) is 26.7. The van der Waals surface area contributed by atoms with Crippen molar-refractivity contribution in [2.75, 3.05) is 0 Å². The Labute approximate surface area is 74.6 Å². The third kappa shape index (κ3) is 2.49. The van der Waals surface area contributed by atoms with Crippen molar-refractivity contribution in [2.24, 2.45) is 9.98 Å². The third-order valence-electron chi connectivity index (χ3n) is 1.47. The molecule has 0 saturated carbocycles. The van der Waals surface area contributed by atoms with Crippen LogP contribution >= 0.6 is 0 Å². The maximum Gasteiger partial charge on any atom is 0.240 e. The van der Waals surface area contributed by atoms with Gasteiger partial charge in [-0.1, -0.05) is 18.2 Å². The molecule has 0 fully saturated rings. The number of nitrogens with zero attached hydrogens (tertiary/aromatic N) is 2. The minimum absolute atomic E-state index is 0.185. The standard InChI is InChI=1S/C9H6N2O2/c12-6-10-5-8-3-1-2-4-9(8)11-7-13/h1-4H,5H2. The molecule has 4 nitrogen and oxygen atoms in total. The summed E-state index contributed by atoms with van der Waals surface area (Å²) in [6, 6.07) is 6.90. The minimum atomic E-state index is 0.185. The van der Waals surface area contributed by atoms with Gasteiger partial charge in [0.25, 0.3) is 0 Å². The summed E-state index contributed by atoms with van der Waals surface area (Å²) in [5, 5.41) is 0. The molecule has 0 aliphatic rings. The van der Waals surface area contributed by atoms with Crippen LogP contribution in [0.2, 0.25) is 0 Å². The van der Waals surface area contributed by atoms with Gasteiger partial charge in [0.1, 0.15) is 0 Å². The number of aliphatic imine (C=N–C) groups is 2. The van der Waals surface area contributed by atoms with Gasteiger partial charge in [-0.15, -0.1) is 0 Å². The number of isocyanates is 2. The molecule has 4 heteroatoms. The van der Waals surface area contributed by atoms with Crippen molar-refractivity contribution in [2.45, 2.75) is 6.54 Å². The molecule has 1 rings (SSSR count). The molecular weight excluding hydrogens is 168 g/mol. The van der Waals surface area contributed by atoms with Crippen molar-refractivity contribution in [3.63, 3.8) is 0 Å². The van der Waals surface area contributed by atoms with Crippen LogP contribution in [0.25, 0.3) is 0 Å². The molecule has 1 aromatic rings. The van der Waals surface area contributed by atoms with Gasteiger partial charge in [-0.2, -0.15) is 4.99 Å². The van der Waals surface area contributed by atoms with E-state index in [1.807, 2.05) is 0 Å². The van der Waals surface area contributed by atoms with E-state index in [9.17, 15) is 9.59 Å². The van der Waals surface area contributed by atoms with Crippen LogP contribution < -0.4 is 0 Å². The first-order valence-corrected chi connectivity index (χ1v) is 3.58. The normalized spacial score (nSPS) is 8.31. The number of hydrogen-bond donors (Lipinski definition) is 0. The molecule has 13 heavy (non-hydrogen) atoms. The highest BCUT2D eigenvalue weighted by Crippen LogP contribution is 2.18. The summed E-state index contributed by atoms with van der Waals surface area (Å²) in [7, 11) is 0. The highest BCUT2D eigenvalue weighted by molar-refractivity contribution is 5.53. The van der Waals surface area contributed by atoms with E-state index in [0.717, 1.165) is 0 Å². The average molecular weight is 174 g/mol. The molecule has 1 aromatic carbocycles. The van der Waals surface area contributed by atoms with Crippen molar-refractivity contribution >= 4 is 17.8 Å². The van der Waals surface area contributed by atoms with Gasteiger partial charge in [-0.05, 0) is 6.07 Å². The van der Waals surface area contributed by atoms with Crippen molar-refractivity contribution < 1.29 is 9.59 Å². The molecule has 0 radical (unpaired) electrons. The van der Waals surface area contributed by atoms with E-state index < -0.39 is 0 Å². The zero-order valence-corrected chi connectivity index (χ0v) is 6.73. The lowest BCUT2D eigenvalue weighted by Crippen LogP contribution is -1.81. The number of benzene rings is 1. The Balaban J connectivity index is 3.03. The molecule has 0 spiro atoms. The predicted molar refractivity (Wildman–Crippen MR) is 46.0 cm³/mol. The zero-order chi connectivity index (χ0) is 9.52. The van der Waals surface area contributed by atoms with Gasteiger partial charge in [0.2, 0.25) is 12.2 Å². The summed E-state index contributed by atoms with van der Waals surface area (Å²) in [5.74, 6) is 0. The van der Waals surface area contributed by atoms with Crippen molar-refractivity contribution in [1.82, 2.24) is 0 Å². The van der Waals surface area contributed by atoms with E-state index >= 15 is 0 Å². The number of carbonyl (C=O) groups excluding carboxylic acids is 2. The second-order valence-electron chi connectivity index (χ2n) is 2.24. The van der Waals surface area contributed by atoms with Crippen molar-refractivity contribution in [1.29, 1.82) is 0 Å². The fraction of sp³-hybridized carbons (Fsp3) is 0.111. The van der Waals surface area contributed by atoms with E-state index in [0.29, 0.717) is 11.3 Å². The Bertz CT molecular complexity index is 388. The number of para-hydroxylation sites is 1. The van der Waals surface area contributed by atoms with Crippen LogP contribution in [-0.2, 0) is 16.1 Å². The summed E-state index contributed by atoms with van der Waals surface area (Å²) in [5.41, 5.74) is 1.19. The summed E-state index contributed by atoms with van der Waals surface area (Å²) >= 11 is 0. The van der Waals surface area contributed by atoms with Crippen LogP contribution in [0.15, 0.2) is 34.3 Å². The maximum atomic E-state index is 10.0. The fourth-order valence-corrected chi connectivity index (χ4v) is 0.920. The first-order chi connectivity index (χ1) is 6.38. The summed E-state index contributed by atoms with van der Waals surface area (Å²) in [6.07, 6.45) is 2.86. The van der Waals surface area contributed by atoms with E-state index in [2.05, 4.69) is 9.98 Å². The van der Waals surface area contributed by atoms with Gasteiger partial charge in [-0.25, -0.2) is 14.6 Å². The van der Waals surface area contributed by atoms with Crippen LogP contribution in [0.5, 0.6) is 0 Å². The van der Waals surface area contributed by atoms with Gasteiger partial charge in [-0.3, -0.25) is 0 Å². The molecule has 0 unspecified atom stereocenters. The average Bonchev–Trinajstić information content (AvgIpc) is 2.17. The molecule has 0 amide bonds. The molecule has 64 valence electrons. The monoisotopic (exact) mass is 174 g/mol. The number of hydrogen-bond acceptors (Lipinski definition) is 4. The highest BCUT2D eigenvalue weighted by Gasteiger charge is 1.97. The van der Waals surface area contributed by atoms with E-state index in [4.69, 9.17) is 0 Å². The zero-order valence-electron chi connectivity index (χ0n) is 6.73. The van der Waals surface area contributed by atoms with E-state index in [1.165, 1.54) is 12.2 Å². The number of rotatable bonds is 3. The quantitative estimate of drug-likeness (QED) is 0.514. The Hall–Kier alpha value is -2.02. The second-order valence-corrected chi connectivity index (χ2v) is 2.24. The highest BCUT2D eigenvalue weighted by atomic mass is 16.1. The molecule has 0 heterocycles. The molecule has 0 atom stereocenters. The summed E-state index contributed by atoms with van der Waals surface area (Å²) in [6.45, 7) is 0.185. The molecule has 0 N–H and O–H groups in total. The van der Waals surface area contributed by atoms with Crippen molar-refractivity contribution in [3.8, 4) is 0 Å². The smallest absolute Gasteiger partial charge is 0.211 e. The predicted octanol–water partition coefficient (Wildman–Crippen LogP) is 1.49. The maximum absolute atomic E-state index is 10.0. The lowest BCUT2D eigenvalue weighted by atomic mass is 10.2. The third-order valence-corrected chi connectivity index (χ3v) is 1.47. The Morgan fingerprint density at radius 3 is 2.62 bits per heavy atom. The van der Waals surface area contributed by atoms with Gasteiger partial charge >= 0.3 is 0 Å². The molecule has 0 aliphatic carbocycles. The molecular formula is C9H6N2O2. The molecule has 0 saturated heterocycles. The fourth-order valence-electron chi connectivity index (χ4n) is 0.920. The second kappa shape index (κ2) is 4.78. The van der Waals surface area contributed by atoms with E-state index in [1.54, 1.807) is 24.3 Å². The van der Waals surface area contributed by atoms with Crippen LogP contribution in [0.1, 0.15) is 5.56 Å². The minimum Gasteiger partial charge on any atom is -0.211 e. The van der Waals surface area contributed by atoms with Crippen LogP contribution in [0, 0.1) is 0 Å². The molecule has 0 aromatic heterocycles. The molecule has 0 aliphatic heterocycles. The van der Waals surface area contributed by atoms with Crippen LogP contribution in [0.4, 0.5) is 5.69 Å². The van der Waals surface area contributed by atoms with Crippen molar-refractivity contribution in [3.05, 3.63) is 29.8 Å². The first kappa shape index (κ1) is 9.07. The van der Waals surface area contributed by atoms with Gasteiger partial charge in [0, 0.05) is 5.56 Å². The largest absolute Gasteiger partial charge is 0.240 e. The lowest BCUT2D eigenvalue weighted by Gasteiger charge is -1.97. The first-order valence-electron chi connectivity index (χ1n) is 3.58. The van der Waals surface area contributed by atoms with Crippen LogP contribution in [-0.4, -0.2) is 12.2 Å². The topological polar surface area (TPSA) is 58.9 Å². The van der Waals surface area contributed by atoms with Gasteiger partial charge < -0.3 is 0 Å².